The predicted octanol–water partition coefficient (Wildman–Crippen LogP) is 4.46. The van der Waals surface area contributed by atoms with Crippen LogP contribution in [0.4, 0.5) is 5.69 Å². The average molecular weight is 382 g/mol. The molecule has 0 atom stereocenters. The Morgan fingerprint density at radius 3 is 2.96 bits per heavy atom. The summed E-state index contributed by atoms with van der Waals surface area (Å²) in [5.74, 6) is 0.352. The van der Waals surface area contributed by atoms with E-state index in [1.807, 2.05) is 25.1 Å². The number of nitrogens with one attached hydrogen (secondary N) is 1. The minimum atomic E-state index is -0.171. The number of fused-ring (bicyclic) bond motifs is 3. The molecule has 2 aromatic heterocycles. The highest BCUT2D eigenvalue weighted by atomic mass is 32.1. The minimum Gasteiger partial charge on any atom is -0.467 e. The van der Waals surface area contributed by atoms with E-state index in [0.29, 0.717) is 5.88 Å². The Balaban J connectivity index is 1.52. The molecule has 0 unspecified atom stereocenters. The quantitative estimate of drug-likeness (QED) is 0.709. The van der Waals surface area contributed by atoms with Crippen molar-refractivity contribution < 1.29 is 9.53 Å². The van der Waals surface area contributed by atoms with Crippen LogP contribution in [0.2, 0.25) is 0 Å². The van der Waals surface area contributed by atoms with Crippen molar-refractivity contribution in [2.75, 3.05) is 11.9 Å². The topological polar surface area (TPSA) is 64.1 Å². The molecule has 6 heteroatoms. The molecule has 1 N–H and O–H groups in total. The van der Waals surface area contributed by atoms with E-state index in [9.17, 15) is 4.79 Å². The van der Waals surface area contributed by atoms with Crippen LogP contribution >= 0.6 is 11.3 Å². The van der Waals surface area contributed by atoms with Gasteiger partial charge in [0.05, 0.1) is 5.39 Å². The second-order valence-corrected chi connectivity index (χ2v) is 7.95. The van der Waals surface area contributed by atoms with Crippen molar-refractivity contribution >= 4 is 33.1 Å². The summed E-state index contributed by atoms with van der Waals surface area (Å²) in [5, 5.41) is 3.99. The number of carbonyl (C=O) groups is 1. The number of hydrogen-bond donors (Lipinski definition) is 1. The lowest BCUT2D eigenvalue weighted by atomic mass is 9.97. The van der Waals surface area contributed by atoms with Gasteiger partial charge in [0, 0.05) is 10.6 Å². The number of aryl methyl sites for hydroxylation is 4. The Bertz CT molecular complexity index is 997. The fourth-order valence-electron chi connectivity index (χ4n) is 3.68. The SMILES string of the molecule is CCc1cccc(C)c1NC(=O)COc1ncnc2sc3c(c12)CCCC3. The van der Waals surface area contributed by atoms with E-state index in [4.69, 9.17) is 4.74 Å². The first kappa shape index (κ1) is 17.9. The molecule has 1 aliphatic rings. The van der Waals surface area contributed by atoms with Gasteiger partial charge in [-0.05, 0) is 55.7 Å². The summed E-state index contributed by atoms with van der Waals surface area (Å²) in [6, 6.07) is 6.05. The first-order chi connectivity index (χ1) is 13.2. The number of benzene rings is 1. The maximum Gasteiger partial charge on any atom is 0.262 e. The molecule has 2 heterocycles. The van der Waals surface area contributed by atoms with Gasteiger partial charge in [0.2, 0.25) is 5.88 Å². The largest absolute Gasteiger partial charge is 0.467 e. The molecule has 0 fully saturated rings. The van der Waals surface area contributed by atoms with Crippen LogP contribution in [0.5, 0.6) is 5.88 Å². The molecule has 0 saturated carbocycles. The zero-order valence-corrected chi connectivity index (χ0v) is 16.5. The first-order valence-electron chi connectivity index (χ1n) is 9.43. The molecule has 0 bridgehead atoms. The Morgan fingerprint density at radius 1 is 1.26 bits per heavy atom. The average Bonchev–Trinajstić information content (AvgIpc) is 3.07. The molecule has 140 valence electrons. The van der Waals surface area contributed by atoms with Gasteiger partial charge in [0.1, 0.15) is 11.2 Å². The lowest BCUT2D eigenvalue weighted by Crippen LogP contribution is -2.22. The number of nitrogens with zero attached hydrogens (tertiary/aromatic N) is 2. The molecule has 27 heavy (non-hydrogen) atoms. The van der Waals surface area contributed by atoms with Gasteiger partial charge in [-0.3, -0.25) is 4.79 Å². The Hall–Kier alpha value is -2.47. The molecular formula is C21H23N3O2S. The summed E-state index contributed by atoms with van der Waals surface area (Å²) in [6.07, 6.45) is 6.93. The summed E-state index contributed by atoms with van der Waals surface area (Å²) < 4.78 is 5.83. The van der Waals surface area contributed by atoms with E-state index in [-0.39, 0.29) is 12.5 Å². The van der Waals surface area contributed by atoms with Gasteiger partial charge in [-0.2, -0.15) is 0 Å². The number of amides is 1. The van der Waals surface area contributed by atoms with E-state index >= 15 is 0 Å². The van der Waals surface area contributed by atoms with Gasteiger partial charge in [-0.1, -0.05) is 25.1 Å². The Morgan fingerprint density at radius 2 is 2.11 bits per heavy atom. The lowest BCUT2D eigenvalue weighted by molar-refractivity contribution is -0.118. The number of ether oxygens (including phenoxy) is 1. The number of rotatable bonds is 5. The number of thiophene rings is 1. The second kappa shape index (κ2) is 7.64. The molecule has 0 radical (unpaired) electrons. The van der Waals surface area contributed by atoms with E-state index in [2.05, 4.69) is 22.2 Å². The van der Waals surface area contributed by atoms with Crippen LogP contribution in [0, 0.1) is 6.92 Å². The first-order valence-corrected chi connectivity index (χ1v) is 10.3. The number of anilines is 1. The van der Waals surface area contributed by atoms with Crippen molar-refractivity contribution in [1.29, 1.82) is 0 Å². The minimum absolute atomic E-state index is 0.0613. The van der Waals surface area contributed by atoms with Gasteiger partial charge in [0.15, 0.2) is 6.61 Å². The monoisotopic (exact) mass is 381 g/mol. The van der Waals surface area contributed by atoms with Gasteiger partial charge < -0.3 is 10.1 Å². The third-order valence-corrected chi connectivity index (χ3v) is 6.26. The lowest BCUT2D eigenvalue weighted by Gasteiger charge is -2.14. The molecule has 0 saturated heterocycles. The molecule has 0 aliphatic heterocycles. The molecule has 1 aliphatic carbocycles. The van der Waals surface area contributed by atoms with Gasteiger partial charge in [-0.15, -0.1) is 11.3 Å². The maximum absolute atomic E-state index is 12.5. The molecule has 1 amide bonds. The van der Waals surface area contributed by atoms with Crippen LogP contribution < -0.4 is 10.1 Å². The van der Waals surface area contributed by atoms with Crippen molar-refractivity contribution in [1.82, 2.24) is 9.97 Å². The van der Waals surface area contributed by atoms with Crippen molar-refractivity contribution in [2.45, 2.75) is 46.0 Å². The predicted molar refractivity (Wildman–Crippen MR) is 109 cm³/mol. The highest BCUT2D eigenvalue weighted by Gasteiger charge is 2.21. The van der Waals surface area contributed by atoms with Gasteiger partial charge >= 0.3 is 0 Å². The molecule has 5 nitrogen and oxygen atoms in total. The zero-order valence-electron chi connectivity index (χ0n) is 15.7. The fourth-order valence-corrected chi connectivity index (χ4v) is 4.90. The second-order valence-electron chi connectivity index (χ2n) is 6.87. The molecule has 4 rings (SSSR count). The van der Waals surface area contributed by atoms with Crippen LogP contribution in [0.25, 0.3) is 10.2 Å². The Kier molecular flexibility index (Phi) is 5.07. The number of para-hydroxylation sites is 1. The Labute approximate surface area is 162 Å². The normalized spacial score (nSPS) is 13.4. The number of aromatic nitrogens is 2. The molecular weight excluding hydrogens is 358 g/mol. The third-order valence-electron chi connectivity index (χ3n) is 5.06. The van der Waals surface area contributed by atoms with E-state index < -0.39 is 0 Å². The zero-order chi connectivity index (χ0) is 18.8. The summed E-state index contributed by atoms with van der Waals surface area (Å²) in [5.41, 5.74) is 4.37. The molecule has 3 aromatic rings. The standard InChI is InChI=1S/C21H23N3O2S/c1-3-14-8-6-7-13(2)19(14)24-17(25)11-26-20-18-15-9-4-5-10-16(15)27-21(18)23-12-22-20/h6-8,12H,3-5,9-11H2,1-2H3,(H,24,25). The van der Waals surface area contributed by atoms with Crippen molar-refractivity contribution in [3.05, 3.63) is 46.1 Å². The van der Waals surface area contributed by atoms with E-state index in [1.54, 1.807) is 11.3 Å². The molecule has 0 spiro atoms. The smallest absolute Gasteiger partial charge is 0.262 e. The summed E-state index contributed by atoms with van der Waals surface area (Å²) >= 11 is 1.73. The summed E-state index contributed by atoms with van der Waals surface area (Å²) in [4.78, 5) is 23.6. The van der Waals surface area contributed by atoms with Crippen molar-refractivity contribution in [3.8, 4) is 5.88 Å². The summed E-state index contributed by atoms with van der Waals surface area (Å²) in [7, 11) is 0. The van der Waals surface area contributed by atoms with Crippen LogP contribution in [-0.2, 0) is 24.1 Å². The summed E-state index contributed by atoms with van der Waals surface area (Å²) in [6.45, 7) is 4.02. The fraction of sp³-hybridized carbons (Fsp3) is 0.381. The van der Waals surface area contributed by atoms with Gasteiger partial charge in [0.25, 0.3) is 5.91 Å². The van der Waals surface area contributed by atoms with E-state index in [0.717, 1.165) is 46.3 Å². The van der Waals surface area contributed by atoms with Crippen molar-refractivity contribution in [2.24, 2.45) is 0 Å². The third kappa shape index (κ3) is 3.54. The highest BCUT2D eigenvalue weighted by Crippen LogP contribution is 2.38. The van der Waals surface area contributed by atoms with Crippen LogP contribution in [-0.4, -0.2) is 22.5 Å². The maximum atomic E-state index is 12.5. The van der Waals surface area contributed by atoms with Crippen molar-refractivity contribution in [3.63, 3.8) is 0 Å². The molecule has 1 aromatic carbocycles. The highest BCUT2D eigenvalue weighted by molar-refractivity contribution is 7.18. The van der Waals surface area contributed by atoms with Crippen LogP contribution in [0.15, 0.2) is 24.5 Å². The van der Waals surface area contributed by atoms with E-state index in [1.165, 1.54) is 29.6 Å². The van der Waals surface area contributed by atoms with Crippen LogP contribution in [0.3, 0.4) is 0 Å². The van der Waals surface area contributed by atoms with Gasteiger partial charge in [-0.25, -0.2) is 9.97 Å². The number of carbonyl (C=O) groups excluding carboxylic acids is 1. The van der Waals surface area contributed by atoms with Crippen LogP contribution in [0.1, 0.15) is 41.3 Å². The number of hydrogen-bond acceptors (Lipinski definition) is 5.